The molecule has 0 aromatic heterocycles. The van der Waals surface area contributed by atoms with Crippen molar-refractivity contribution in [1.29, 1.82) is 0 Å². The van der Waals surface area contributed by atoms with E-state index in [4.69, 9.17) is 9.47 Å². The van der Waals surface area contributed by atoms with Crippen molar-refractivity contribution < 1.29 is 19.0 Å². The van der Waals surface area contributed by atoms with Gasteiger partial charge in [0.05, 0.1) is 20.1 Å². The average molecular weight is 238 g/mol. The van der Waals surface area contributed by atoms with Crippen molar-refractivity contribution in [2.45, 2.75) is 26.4 Å². The number of esters is 1. The first-order valence-electron chi connectivity index (χ1n) is 5.62. The highest BCUT2D eigenvalue weighted by Gasteiger charge is 2.13. The van der Waals surface area contributed by atoms with Crippen molar-refractivity contribution in [2.24, 2.45) is 0 Å². The maximum atomic E-state index is 11.1. The fourth-order valence-electron chi connectivity index (χ4n) is 1.40. The molecule has 0 radical (unpaired) electrons. The van der Waals surface area contributed by atoms with Crippen LogP contribution in [0.3, 0.4) is 0 Å². The highest BCUT2D eigenvalue weighted by Crippen LogP contribution is 2.27. The number of methoxy groups -OCH3 is 1. The molecule has 0 fully saturated rings. The molecule has 1 atom stereocenters. The smallest absolute Gasteiger partial charge is 0.309 e. The van der Waals surface area contributed by atoms with E-state index in [0.717, 1.165) is 0 Å². The lowest BCUT2D eigenvalue weighted by molar-refractivity contribution is -0.142. The number of hydrogen-bond donors (Lipinski definition) is 0. The number of ether oxygens (including phenoxy) is 3. The van der Waals surface area contributed by atoms with Crippen LogP contribution in [0.4, 0.5) is 0 Å². The topological polar surface area (TPSA) is 44.8 Å². The van der Waals surface area contributed by atoms with Crippen molar-refractivity contribution in [3.8, 4) is 11.5 Å². The van der Waals surface area contributed by atoms with E-state index < -0.39 is 0 Å². The Hall–Kier alpha value is -1.71. The number of carbonyl (C=O) groups is 1. The number of para-hydroxylation sites is 2. The molecule has 4 heteroatoms. The van der Waals surface area contributed by atoms with Gasteiger partial charge in [0.25, 0.3) is 0 Å². The fraction of sp³-hybridized carbons (Fsp3) is 0.462. The second kappa shape index (κ2) is 6.78. The number of benzene rings is 1. The van der Waals surface area contributed by atoms with Crippen LogP contribution in [-0.4, -0.2) is 25.8 Å². The van der Waals surface area contributed by atoms with Gasteiger partial charge in [0.1, 0.15) is 6.10 Å². The molecule has 1 rings (SSSR count). The Bertz CT molecular complexity index is 362. The summed E-state index contributed by atoms with van der Waals surface area (Å²) >= 11 is 0. The summed E-state index contributed by atoms with van der Waals surface area (Å²) in [5.41, 5.74) is 0. The van der Waals surface area contributed by atoms with Crippen molar-refractivity contribution in [2.75, 3.05) is 13.7 Å². The summed E-state index contributed by atoms with van der Waals surface area (Å²) < 4.78 is 15.7. The zero-order chi connectivity index (χ0) is 12.7. The Morgan fingerprint density at radius 3 is 2.53 bits per heavy atom. The minimum absolute atomic E-state index is 0.219. The van der Waals surface area contributed by atoms with E-state index in [9.17, 15) is 4.79 Å². The summed E-state index contributed by atoms with van der Waals surface area (Å²) in [5.74, 6) is 1.05. The predicted octanol–water partition coefficient (Wildman–Crippen LogP) is 2.42. The van der Waals surface area contributed by atoms with E-state index in [2.05, 4.69) is 4.74 Å². The van der Waals surface area contributed by atoms with Crippen LogP contribution < -0.4 is 9.47 Å². The fourth-order valence-corrected chi connectivity index (χ4v) is 1.40. The van der Waals surface area contributed by atoms with Crippen LogP contribution in [0.1, 0.15) is 20.3 Å². The van der Waals surface area contributed by atoms with Crippen LogP contribution in [0.2, 0.25) is 0 Å². The van der Waals surface area contributed by atoms with E-state index in [0.29, 0.717) is 18.1 Å². The van der Waals surface area contributed by atoms with E-state index in [1.54, 1.807) is 0 Å². The Balaban J connectivity index is 2.63. The van der Waals surface area contributed by atoms with Crippen LogP contribution in [0.5, 0.6) is 11.5 Å². The quantitative estimate of drug-likeness (QED) is 0.714. The minimum Gasteiger partial charge on any atom is -0.490 e. The zero-order valence-electron chi connectivity index (χ0n) is 10.4. The molecule has 0 saturated heterocycles. The van der Waals surface area contributed by atoms with Crippen molar-refractivity contribution in [3.63, 3.8) is 0 Å². The first-order valence-corrected chi connectivity index (χ1v) is 5.62. The average Bonchev–Trinajstić information content (AvgIpc) is 2.31. The molecular weight excluding hydrogens is 220 g/mol. The molecule has 1 aromatic carbocycles. The number of carbonyl (C=O) groups excluding carboxylic acids is 1. The summed E-state index contributed by atoms with van der Waals surface area (Å²) in [6.07, 6.45) is -0.0270. The molecule has 0 amide bonds. The molecule has 0 saturated carbocycles. The predicted molar refractivity (Wildman–Crippen MR) is 64.3 cm³/mol. The van der Waals surface area contributed by atoms with E-state index in [-0.39, 0.29) is 18.5 Å². The second-order valence-electron chi connectivity index (χ2n) is 3.59. The molecule has 0 aliphatic rings. The molecule has 4 nitrogen and oxygen atoms in total. The summed E-state index contributed by atoms with van der Waals surface area (Å²) in [6, 6.07) is 7.40. The van der Waals surface area contributed by atoms with Crippen molar-refractivity contribution in [1.82, 2.24) is 0 Å². The number of hydrogen-bond acceptors (Lipinski definition) is 4. The third kappa shape index (κ3) is 4.34. The first-order chi connectivity index (χ1) is 8.17. The van der Waals surface area contributed by atoms with Crippen LogP contribution in [0.25, 0.3) is 0 Å². The lowest BCUT2D eigenvalue weighted by Crippen LogP contribution is -2.18. The van der Waals surface area contributed by atoms with Crippen LogP contribution in [0, 0.1) is 0 Å². The molecule has 1 aromatic rings. The maximum absolute atomic E-state index is 11.1. The summed E-state index contributed by atoms with van der Waals surface area (Å²) in [6.45, 7) is 4.31. The van der Waals surface area contributed by atoms with Gasteiger partial charge in [-0.05, 0) is 26.0 Å². The summed E-state index contributed by atoms with van der Waals surface area (Å²) in [7, 11) is 1.36. The highest BCUT2D eigenvalue weighted by molar-refractivity contribution is 5.69. The molecule has 0 bridgehead atoms. The van der Waals surface area contributed by atoms with Crippen LogP contribution in [0.15, 0.2) is 24.3 Å². The lowest BCUT2D eigenvalue weighted by atomic mass is 10.2. The lowest BCUT2D eigenvalue weighted by Gasteiger charge is -2.16. The third-order valence-electron chi connectivity index (χ3n) is 2.16. The van der Waals surface area contributed by atoms with E-state index in [1.807, 2.05) is 38.1 Å². The highest BCUT2D eigenvalue weighted by atomic mass is 16.5. The van der Waals surface area contributed by atoms with Gasteiger partial charge in [-0.3, -0.25) is 4.79 Å². The molecule has 94 valence electrons. The van der Waals surface area contributed by atoms with Crippen molar-refractivity contribution >= 4 is 5.97 Å². The van der Waals surface area contributed by atoms with Crippen LogP contribution >= 0.6 is 0 Å². The van der Waals surface area contributed by atoms with Gasteiger partial charge in [0.15, 0.2) is 11.5 Å². The van der Waals surface area contributed by atoms with Gasteiger partial charge in [0.2, 0.25) is 0 Å². The Kier molecular flexibility index (Phi) is 5.33. The molecule has 1 unspecified atom stereocenters. The molecule has 0 spiro atoms. The van der Waals surface area contributed by atoms with Gasteiger partial charge in [0, 0.05) is 0 Å². The summed E-state index contributed by atoms with van der Waals surface area (Å²) in [4.78, 5) is 11.1. The van der Waals surface area contributed by atoms with Gasteiger partial charge < -0.3 is 14.2 Å². The normalized spacial score (nSPS) is 11.7. The molecule has 0 aliphatic carbocycles. The van der Waals surface area contributed by atoms with Gasteiger partial charge in [-0.15, -0.1) is 0 Å². The molecule has 0 aliphatic heterocycles. The molecule has 0 N–H and O–H groups in total. The van der Waals surface area contributed by atoms with Crippen LogP contribution in [-0.2, 0) is 9.53 Å². The Morgan fingerprint density at radius 1 is 1.29 bits per heavy atom. The maximum Gasteiger partial charge on any atom is 0.309 e. The number of rotatable bonds is 6. The van der Waals surface area contributed by atoms with Gasteiger partial charge in [-0.2, -0.15) is 0 Å². The molecule has 17 heavy (non-hydrogen) atoms. The standard InChI is InChI=1S/C13H18O4/c1-4-16-11-7-5-6-8-12(11)17-10(2)9-13(14)15-3/h5-8,10H,4,9H2,1-3H3. The third-order valence-corrected chi connectivity index (χ3v) is 2.16. The monoisotopic (exact) mass is 238 g/mol. The van der Waals surface area contributed by atoms with Gasteiger partial charge in [-0.25, -0.2) is 0 Å². The Labute approximate surface area is 101 Å². The SMILES string of the molecule is CCOc1ccccc1OC(C)CC(=O)OC. The van der Waals surface area contributed by atoms with Gasteiger partial charge in [-0.1, -0.05) is 12.1 Å². The second-order valence-corrected chi connectivity index (χ2v) is 3.59. The van der Waals surface area contributed by atoms with Gasteiger partial charge >= 0.3 is 5.97 Å². The largest absolute Gasteiger partial charge is 0.490 e. The van der Waals surface area contributed by atoms with Crippen molar-refractivity contribution in [3.05, 3.63) is 24.3 Å². The van der Waals surface area contributed by atoms with E-state index in [1.165, 1.54) is 7.11 Å². The Morgan fingerprint density at radius 2 is 1.94 bits per heavy atom. The zero-order valence-corrected chi connectivity index (χ0v) is 10.4. The van der Waals surface area contributed by atoms with E-state index >= 15 is 0 Å². The minimum atomic E-state index is -0.286. The first kappa shape index (κ1) is 13.4. The molecular formula is C13H18O4. The summed E-state index contributed by atoms with van der Waals surface area (Å²) in [5, 5.41) is 0. The molecule has 0 heterocycles.